The predicted octanol–water partition coefficient (Wildman–Crippen LogP) is 3.67. The van der Waals surface area contributed by atoms with Gasteiger partial charge in [-0.05, 0) is 40.8 Å². The van der Waals surface area contributed by atoms with Crippen LogP contribution < -0.4 is 0 Å². The highest BCUT2D eigenvalue weighted by Gasteiger charge is 2.05. The van der Waals surface area contributed by atoms with Gasteiger partial charge < -0.3 is 0 Å². The molecule has 0 fully saturated rings. The summed E-state index contributed by atoms with van der Waals surface area (Å²) in [5.74, 6) is 0. The maximum Gasteiger partial charge on any atom is 0.0998 e. The van der Waals surface area contributed by atoms with E-state index in [1.165, 1.54) is 0 Å². The van der Waals surface area contributed by atoms with Gasteiger partial charge in [0.15, 0.2) is 0 Å². The van der Waals surface area contributed by atoms with Gasteiger partial charge in [-0.15, -0.1) is 24.0 Å². The third-order valence-corrected chi connectivity index (χ3v) is 3.62. The van der Waals surface area contributed by atoms with Gasteiger partial charge in [0, 0.05) is 13.7 Å². The third-order valence-electron chi connectivity index (χ3n) is 1.71. The predicted molar refractivity (Wildman–Crippen MR) is 66.5 cm³/mol. The van der Waals surface area contributed by atoms with Gasteiger partial charge >= 0.3 is 0 Å². The molecule has 0 aliphatic heterocycles. The van der Waals surface area contributed by atoms with Crippen molar-refractivity contribution in [1.29, 1.82) is 5.26 Å². The van der Waals surface area contributed by atoms with Crippen LogP contribution in [0.3, 0.4) is 0 Å². The van der Waals surface area contributed by atoms with Crippen molar-refractivity contribution in [2.45, 2.75) is 4.21 Å². The van der Waals surface area contributed by atoms with Crippen LogP contribution in [-0.4, -0.2) is 0 Å². The Labute approximate surface area is 98.9 Å². The van der Waals surface area contributed by atoms with Crippen molar-refractivity contribution in [3.05, 3.63) is 27.3 Å². The Morgan fingerprint density at radius 3 is 2.85 bits per heavy atom. The minimum Gasteiger partial charge on any atom is -0.192 e. The summed E-state index contributed by atoms with van der Waals surface area (Å²) in [7, 11) is 0. The van der Waals surface area contributed by atoms with Crippen molar-refractivity contribution >= 4 is 56.6 Å². The normalized spacial score (nSPS) is 10.2. The molecule has 0 unspecified atom stereocenters. The fourth-order valence-corrected chi connectivity index (χ4v) is 3.31. The minimum absolute atomic E-state index is 0.735. The molecule has 64 valence electrons. The van der Waals surface area contributed by atoms with Gasteiger partial charge in [-0.25, -0.2) is 0 Å². The second-order valence-electron chi connectivity index (χ2n) is 2.56. The monoisotopic (exact) mass is 317 g/mol. The van der Waals surface area contributed by atoms with E-state index < -0.39 is 0 Å². The fourth-order valence-electron chi connectivity index (χ4n) is 1.18. The lowest BCUT2D eigenvalue weighted by Gasteiger charge is -1.93. The average molecular weight is 317 g/mol. The van der Waals surface area contributed by atoms with Crippen molar-refractivity contribution in [3.8, 4) is 6.07 Å². The quantitative estimate of drug-likeness (QED) is 0.582. The second kappa shape index (κ2) is 3.48. The van der Waals surface area contributed by atoms with Gasteiger partial charge in [-0.2, -0.15) is 5.26 Å². The molecule has 0 amide bonds. The Bertz CT molecular complexity index is 510. The number of benzene rings is 1. The highest BCUT2D eigenvalue weighted by molar-refractivity contribution is 14.1. The largest absolute Gasteiger partial charge is 0.192 e. The number of thiol groups is 1. The lowest BCUT2D eigenvalue weighted by Crippen LogP contribution is -1.77. The molecular weight excluding hydrogens is 313 g/mol. The Morgan fingerprint density at radius 1 is 1.38 bits per heavy atom. The van der Waals surface area contributed by atoms with Gasteiger partial charge in [0.05, 0.1) is 15.8 Å². The van der Waals surface area contributed by atoms with Gasteiger partial charge in [0.2, 0.25) is 0 Å². The summed E-state index contributed by atoms with van der Waals surface area (Å²) in [6.07, 6.45) is 0. The first-order chi connectivity index (χ1) is 6.20. The fraction of sp³-hybridized carbons (Fsp3) is 0. The summed E-state index contributed by atoms with van der Waals surface area (Å²) in [4.78, 5) is 0. The second-order valence-corrected chi connectivity index (χ2v) is 5.68. The Hall–Kier alpha value is -0.250. The van der Waals surface area contributed by atoms with E-state index >= 15 is 0 Å². The number of fused-ring (bicyclic) bond motifs is 1. The molecule has 0 aliphatic carbocycles. The summed E-state index contributed by atoms with van der Waals surface area (Å²) in [6, 6.07) is 8.10. The summed E-state index contributed by atoms with van der Waals surface area (Å²) in [5, 5.41) is 9.91. The molecule has 0 atom stereocenters. The molecule has 1 aromatic carbocycles. The number of nitriles is 1. The van der Waals surface area contributed by atoms with E-state index in [4.69, 9.17) is 5.26 Å². The van der Waals surface area contributed by atoms with Crippen molar-refractivity contribution in [3.63, 3.8) is 0 Å². The van der Waals surface area contributed by atoms with Crippen LogP contribution in [0, 0.1) is 14.9 Å². The van der Waals surface area contributed by atoms with Crippen molar-refractivity contribution in [2.75, 3.05) is 0 Å². The third kappa shape index (κ3) is 1.68. The molecule has 2 rings (SSSR count). The lowest BCUT2D eigenvalue weighted by molar-refractivity contribution is 1.50. The molecule has 1 aromatic heterocycles. The van der Waals surface area contributed by atoms with Crippen LogP contribution in [0.15, 0.2) is 22.4 Å². The average Bonchev–Trinajstić information content (AvgIpc) is 2.43. The summed E-state index contributed by atoms with van der Waals surface area (Å²) in [5.41, 5.74) is 0.735. The molecule has 0 saturated heterocycles. The van der Waals surface area contributed by atoms with E-state index in [2.05, 4.69) is 47.4 Å². The van der Waals surface area contributed by atoms with Gasteiger partial charge in [0.25, 0.3) is 0 Å². The van der Waals surface area contributed by atoms with Crippen LogP contribution in [0.4, 0.5) is 0 Å². The maximum atomic E-state index is 8.90. The first-order valence-electron chi connectivity index (χ1n) is 3.53. The Morgan fingerprint density at radius 2 is 2.15 bits per heavy atom. The number of halogens is 1. The molecule has 4 heteroatoms. The van der Waals surface area contributed by atoms with E-state index in [0.29, 0.717) is 0 Å². The highest BCUT2D eigenvalue weighted by atomic mass is 127. The first-order valence-corrected chi connectivity index (χ1v) is 5.87. The zero-order chi connectivity index (χ0) is 9.42. The van der Waals surface area contributed by atoms with Gasteiger partial charge in [-0.1, -0.05) is 0 Å². The maximum absolute atomic E-state index is 8.90. The van der Waals surface area contributed by atoms with E-state index in [1.54, 1.807) is 11.3 Å². The molecule has 0 N–H and O–H groups in total. The number of hydrogen-bond donors (Lipinski definition) is 1. The van der Waals surface area contributed by atoms with Gasteiger partial charge in [-0.3, -0.25) is 0 Å². The molecule has 0 saturated carbocycles. The molecule has 1 nitrogen and oxygen atoms in total. The number of thiophene rings is 1. The van der Waals surface area contributed by atoms with E-state index in [9.17, 15) is 0 Å². The number of nitrogens with zero attached hydrogens (tertiary/aromatic N) is 1. The van der Waals surface area contributed by atoms with Crippen LogP contribution in [0.1, 0.15) is 5.56 Å². The van der Waals surface area contributed by atoms with Crippen LogP contribution in [0.25, 0.3) is 10.1 Å². The van der Waals surface area contributed by atoms with Crippen LogP contribution in [0.2, 0.25) is 0 Å². The Kier molecular flexibility index (Phi) is 2.49. The van der Waals surface area contributed by atoms with Crippen LogP contribution in [0.5, 0.6) is 0 Å². The standard InChI is InChI=1S/C9H4INS2/c10-6-1-5(4-11)7-3-9(12)13-8(7)2-6/h1-3,12H. The summed E-state index contributed by atoms with van der Waals surface area (Å²) >= 11 is 8.09. The molecule has 0 spiro atoms. The molecule has 13 heavy (non-hydrogen) atoms. The minimum atomic E-state index is 0.735. The molecule has 0 aliphatic rings. The van der Waals surface area contributed by atoms with E-state index in [-0.39, 0.29) is 0 Å². The van der Waals surface area contributed by atoms with Crippen LogP contribution in [-0.2, 0) is 0 Å². The first kappa shape index (κ1) is 9.31. The van der Waals surface area contributed by atoms with Gasteiger partial charge in [0.1, 0.15) is 0 Å². The molecule has 2 aromatic rings. The van der Waals surface area contributed by atoms with Crippen molar-refractivity contribution in [2.24, 2.45) is 0 Å². The molecule has 0 bridgehead atoms. The molecule has 1 heterocycles. The molecule has 0 radical (unpaired) electrons. The number of rotatable bonds is 0. The highest BCUT2D eigenvalue weighted by Crippen LogP contribution is 2.31. The topological polar surface area (TPSA) is 23.8 Å². The van der Waals surface area contributed by atoms with E-state index in [0.717, 1.165) is 23.4 Å². The summed E-state index contributed by atoms with van der Waals surface area (Å²) < 4.78 is 3.18. The Balaban J connectivity index is 2.90. The van der Waals surface area contributed by atoms with E-state index in [1.807, 2.05) is 12.1 Å². The van der Waals surface area contributed by atoms with Crippen molar-refractivity contribution in [1.82, 2.24) is 0 Å². The smallest absolute Gasteiger partial charge is 0.0998 e. The number of hydrogen-bond acceptors (Lipinski definition) is 3. The van der Waals surface area contributed by atoms with Crippen molar-refractivity contribution < 1.29 is 0 Å². The zero-order valence-corrected chi connectivity index (χ0v) is 10.3. The van der Waals surface area contributed by atoms with Crippen LogP contribution >= 0.6 is 46.6 Å². The molecular formula is C9H4INS2. The zero-order valence-electron chi connectivity index (χ0n) is 6.41. The lowest BCUT2D eigenvalue weighted by atomic mass is 10.1. The summed E-state index contributed by atoms with van der Waals surface area (Å²) in [6.45, 7) is 0. The SMILES string of the molecule is N#Cc1cc(I)cc2sc(S)cc12.